The summed E-state index contributed by atoms with van der Waals surface area (Å²) in [6.07, 6.45) is 0. The topological polar surface area (TPSA) is 75.6 Å². The lowest BCUT2D eigenvalue weighted by Crippen LogP contribution is -2.21. The molecule has 5 heteroatoms. The zero-order valence-electron chi connectivity index (χ0n) is 4.46. The average molecular weight is 131 g/mol. The molecule has 0 aliphatic heterocycles. The van der Waals surface area contributed by atoms with E-state index in [0.29, 0.717) is 0 Å². The number of amides is 1. The predicted octanol–water partition coefficient (Wildman–Crippen LogP) is -0.822. The van der Waals surface area contributed by atoms with Crippen molar-refractivity contribution < 1.29 is 19.5 Å². The van der Waals surface area contributed by atoms with E-state index in [9.17, 15) is 9.59 Å². The summed E-state index contributed by atoms with van der Waals surface area (Å²) in [5.41, 5.74) is 1.23. The fourth-order valence-electron chi connectivity index (χ4n) is 0.174. The zero-order chi connectivity index (χ0) is 7.28. The van der Waals surface area contributed by atoms with Crippen molar-refractivity contribution in [3.8, 4) is 0 Å². The molecule has 0 aliphatic rings. The third-order valence-electron chi connectivity index (χ3n) is 0.545. The number of carbonyl (C=O) groups is 2. The van der Waals surface area contributed by atoms with E-state index in [1.54, 1.807) is 0 Å². The van der Waals surface area contributed by atoms with Gasteiger partial charge in [-0.25, -0.2) is 5.48 Å². The molecule has 0 heterocycles. The summed E-state index contributed by atoms with van der Waals surface area (Å²) < 4.78 is 3.95. The van der Waals surface area contributed by atoms with Gasteiger partial charge in [0, 0.05) is 0 Å². The van der Waals surface area contributed by atoms with Crippen LogP contribution in [0.4, 0.5) is 0 Å². The molecular weight excluding hydrogens is 126 g/mol. The minimum atomic E-state index is -0.942. The second kappa shape index (κ2) is 3.62. The number of hydrogen-bond donors (Lipinski definition) is 2. The van der Waals surface area contributed by atoms with Gasteiger partial charge in [-0.2, -0.15) is 0 Å². The fourth-order valence-corrected chi connectivity index (χ4v) is 0.174. The first-order valence-corrected chi connectivity index (χ1v) is 1.96. The van der Waals surface area contributed by atoms with Gasteiger partial charge in [0.25, 0.3) is 6.47 Å². The largest absolute Gasteiger partial charge is 0.423 e. The Kier molecular flexibility index (Phi) is 3.07. The predicted molar refractivity (Wildman–Crippen MR) is 26.2 cm³/mol. The van der Waals surface area contributed by atoms with Gasteiger partial charge in [0.1, 0.15) is 0 Å². The summed E-state index contributed by atoms with van der Waals surface area (Å²) in [6.45, 7) is 3.03. The number of ether oxygens (including phenoxy) is 1. The second-order valence-electron chi connectivity index (χ2n) is 1.08. The number of hydroxylamine groups is 1. The molecule has 0 spiro atoms. The van der Waals surface area contributed by atoms with Crippen molar-refractivity contribution >= 4 is 12.4 Å². The van der Waals surface area contributed by atoms with Gasteiger partial charge < -0.3 is 4.74 Å². The lowest BCUT2D eigenvalue weighted by Gasteiger charge is -1.96. The highest BCUT2D eigenvalue weighted by molar-refractivity contribution is 5.90. The molecule has 9 heavy (non-hydrogen) atoms. The number of hydrogen-bond acceptors (Lipinski definition) is 4. The third kappa shape index (κ3) is 2.45. The molecule has 0 aliphatic carbocycles. The van der Waals surface area contributed by atoms with Crippen molar-refractivity contribution in [1.82, 2.24) is 5.48 Å². The van der Waals surface area contributed by atoms with Crippen LogP contribution < -0.4 is 5.48 Å². The lowest BCUT2D eigenvalue weighted by molar-refractivity contribution is -0.135. The molecule has 0 atom stereocenters. The van der Waals surface area contributed by atoms with Gasteiger partial charge in [0.05, 0.1) is 0 Å². The van der Waals surface area contributed by atoms with Gasteiger partial charge in [-0.1, -0.05) is 0 Å². The van der Waals surface area contributed by atoms with Crippen molar-refractivity contribution in [3.05, 3.63) is 12.3 Å². The van der Waals surface area contributed by atoms with E-state index in [1.807, 2.05) is 0 Å². The first-order valence-electron chi connectivity index (χ1n) is 1.96. The molecule has 0 fully saturated rings. The van der Waals surface area contributed by atoms with Crippen LogP contribution in [0, 0.1) is 0 Å². The number of nitrogens with one attached hydrogen (secondary N) is 1. The Labute approximate surface area is 50.9 Å². The average Bonchev–Trinajstić information content (AvgIpc) is 1.87. The van der Waals surface area contributed by atoms with Crippen LogP contribution in [0.25, 0.3) is 0 Å². The molecule has 0 aromatic heterocycles. The Bertz CT molecular complexity index is 142. The smallest absolute Gasteiger partial charge is 0.309 e. The molecule has 0 radical (unpaired) electrons. The van der Waals surface area contributed by atoms with E-state index in [1.165, 1.54) is 5.48 Å². The molecule has 2 N–H and O–H groups in total. The molecule has 0 unspecified atom stereocenters. The van der Waals surface area contributed by atoms with E-state index in [0.717, 1.165) is 0 Å². The molecule has 0 rings (SSSR count). The Balaban J connectivity index is 3.73. The van der Waals surface area contributed by atoms with Crippen molar-refractivity contribution in [2.24, 2.45) is 0 Å². The van der Waals surface area contributed by atoms with E-state index < -0.39 is 11.7 Å². The summed E-state index contributed by atoms with van der Waals surface area (Å²) in [5.74, 6) is -1.39. The van der Waals surface area contributed by atoms with E-state index in [-0.39, 0.29) is 6.47 Å². The van der Waals surface area contributed by atoms with Crippen LogP contribution in [0.1, 0.15) is 0 Å². The summed E-state index contributed by atoms with van der Waals surface area (Å²) >= 11 is 0. The maximum atomic E-state index is 10.2. The Morgan fingerprint density at radius 2 is 2.33 bits per heavy atom. The SMILES string of the molecule is C=C(OC=O)C(=O)NO. The zero-order valence-corrected chi connectivity index (χ0v) is 4.46. The monoisotopic (exact) mass is 131 g/mol. The van der Waals surface area contributed by atoms with Crippen LogP contribution in [0.2, 0.25) is 0 Å². The van der Waals surface area contributed by atoms with Crippen LogP contribution in [-0.4, -0.2) is 17.6 Å². The molecule has 0 bridgehead atoms. The Morgan fingerprint density at radius 1 is 1.78 bits per heavy atom. The van der Waals surface area contributed by atoms with Crippen LogP contribution in [0.5, 0.6) is 0 Å². The van der Waals surface area contributed by atoms with Gasteiger partial charge in [0.15, 0.2) is 5.76 Å². The highest BCUT2D eigenvalue weighted by Gasteiger charge is 2.03. The van der Waals surface area contributed by atoms with E-state index >= 15 is 0 Å². The van der Waals surface area contributed by atoms with E-state index in [2.05, 4.69) is 11.3 Å². The highest BCUT2D eigenvalue weighted by Crippen LogP contribution is 1.87. The quantitative estimate of drug-likeness (QED) is 0.172. The maximum Gasteiger partial charge on any atom is 0.309 e. The van der Waals surface area contributed by atoms with Crippen molar-refractivity contribution in [3.63, 3.8) is 0 Å². The standard InChI is InChI=1S/C4H5NO4/c1-3(9-2-6)4(7)5-8/h2,8H,1H2,(H,5,7). The molecule has 50 valence electrons. The maximum absolute atomic E-state index is 10.2. The summed E-state index contributed by atoms with van der Waals surface area (Å²) in [6, 6.07) is 0. The highest BCUT2D eigenvalue weighted by atomic mass is 16.5. The minimum absolute atomic E-state index is 0.0393. The molecule has 0 aromatic carbocycles. The van der Waals surface area contributed by atoms with Gasteiger partial charge in [-0.05, 0) is 6.58 Å². The lowest BCUT2D eigenvalue weighted by atomic mass is 10.5. The van der Waals surface area contributed by atoms with E-state index in [4.69, 9.17) is 5.21 Å². The summed E-state index contributed by atoms with van der Waals surface area (Å²) in [5, 5.41) is 7.88. The molecule has 5 nitrogen and oxygen atoms in total. The van der Waals surface area contributed by atoms with Crippen LogP contribution >= 0.6 is 0 Å². The number of rotatable bonds is 3. The minimum Gasteiger partial charge on any atom is -0.423 e. The van der Waals surface area contributed by atoms with Crippen LogP contribution in [0.3, 0.4) is 0 Å². The van der Waals surface area contributed by atoms with Crippen LogP contribution in [-0.2, 0) is 14.3 Å². The van der Waals surface area contributed by atoms with Gasteiger partial charge >= 0.3 is 5.91 Å². The molecule has 1 amide bonds. The van der Waals surface area contributed by atoms with Crippen molar-refractivity contribution in [2.75, 3.05) is 0 Å². The molecule has 0 saturated heterocycles. The molecule has 0 saturated carbocycles. The first kappa shape index (κ1) is 7.64. The van der Waals surface area contributed by atoms with Gasteiger partial charge in [-0.15, -0.1) is 0 Å². The molecular formula is C4H5NO4. The Morgan fingerprint density at radius 3 is 2.67 bits per heavy atom. The van der Waals surface area contributed by atoms with Crippen molar-refractivity contribution in [1.29, 1.82) is 0 Å². The Hall–Kier alpha value is -1.36. The van der Waals surface area contributed by atoms with Gasteiger partial charge in [0.2, 0.25) is 0 Å². The second-order valence-corrected chi connectivity index (χ2v) is 1.08. The first-order chi connectivity index (χ1) is 4.22. The molecule has 0 aromatic rings. The third-order valence-corrected chi connectivity index (χ3v) is 0.545. The van der Waals surface area contributed by atoms with Crippen molar-refractivity contribution in [2.45, 2.75) is 0 Å². The van der Waals surface area contributed by atoms with Crippen LogP contribution in [0.15, 0.2) is 12.3 Å². The number of carbonyl (C=O) groups excluding carboxylic acids is 2. The summed E-state index contributed by atoms with van der Waals surface area (Å²) in [7, 11) is 0. The fraction of sp³-hybridized carbons (Fsp3) is 0. The normalized spacial score (nSPS) is 7.67. The van der Waals surface area contributed by atoms with Gasteiger partial charge in [-0.3, -0.25) is 14.8 Å². The summed E-state index contributed by atoms with van der Waals surface area (Å²) in [4.78, 5) is 19.6.